The van der Waals surface area contributed by atoms with Crippen molar-refractivity contribution in [3.8, 4) is 0 Å². The Hall–Kier alpha value is -2.86. The maximum atomic E-state index is 11.9. The molecule has 0 atom stereocenters. The first-order valence-corrected chi connectivity index (χ1v) is 9.29. The van der Waals surface area contributed by atoms with Crippen LogP contribution in [-0.4, -0.2) is 22.7 Å². The molecule has 0 radical (unpaired) electrons. The lowest BCUT2D eigenvalue weighted by molar-refractivity contribution is -0.119. The Bertz CT molecular complexity index is 894. The number of urea groups is 1. The molecule has 0 saturated heterocycles. The third kappa shape index (κ3) is 5.07. The molecule has 6 heteroatoms. The molecule has 3 amide bonds. The van der Waals surface area contributed by atoms with Crippen molar-refractivity contribution in [2.45, 2.75) is 17.9 Å². The third-order valence-corrected chi connectivity index (χ3v) is 4.82. The molecular formula is C20H19N3O2S. The van der Waals surface area contributed by atoms with Gasteiger partial charge >= 0.3 is 6.03 Å². The number of nitrogens with one attached hydrogen (secondary N) is 2. The number of carbonyl (C=O) groups is 2. The second-order valence-corrected chi connectivity index (χ2v) is 6.78. The zero-order valence-electron chi connectivity index (χ0n) is 14.1. The van der Waals surface area contributed by atoms with E-state index >= 15 is 0 Å². The summed E-state index contributed by atoms with van der Waals surface area (Å²) in [7, 11) is 0. The molecule has 0 bridgehead atoms. The largest absolute Gasteiger partial charge is 0.334 e. The molecule has 1 heterocycles. The van der Waals surface area contributed by atoms with E-state index in [9.17, 15) is 9.59 Å². The lowest BCUT2D eigenvalue weighted by Crippen LogP contribution is -2.39. The highest BCUT2D eigenvalue weighted by molar-refractivity contribution is 7.99. The number of para-hydroxylation sites is 1. The summed E-state index contributed by atoms with van der Waals surface area (Å²) in [6, 6.07) is 18.9. The number of aromatic nitrogens is 1. The summed E-state index contributed by atoms with van der Waals surface area (Å²) in [5.41, 5.74) is 1.91. The number of pyridine rings is 1. The summed E-state index contributed by atoms with van der Waals surface area (Å²) in [6.07, 6.45) is 2.03. The Balaban J connectivity index is 1.43. The Kier molecular flexibility index (Phi) is 6.22. The van der Waals surface area contributed by atoms with Crippen LogP contribution in [0.2, 0.25) is 0 Å². The van der Waals surface area contributed by atoms with Gasteiger partial charge in [-0.3, -0.25) is 15.1 Å². The smallest absolute Gasteiger partial charge is 0.321 e. The topological polar surface area (TPSA) is 71.1 Å². The number of nitrogens with zero attached hydrogens (tertiary/aromatic N) is 1. The summed E-state index contributed by atoms with van der Waals surface area (Å²) >= 11 is 1.58. The van der Waals surface area contributed by atoms with Gasteiger partial charge in [-0.2, -0.15) is 0 Å². The van der Waals surface area contributed by atoms with Crippen molar-refractivity contribution < 1.29 is 9.59 Å². The Morgan fingerprint density at radius 3 is 2.58 bits per heavy atom. The van der Waals surface area contributed by atoms with Crippen LogP contribution in [0.4, 0.5) is 4.79 Å². The van der Waals surface area contributed by atoms with Crippen molar-refractivity contribution in [1.82, 2.24) is 15.6 Å². The van der Waals surface area contributed by atoms with Crippen LogP contribution in [0.5, 0.6) is 0 Å². The first-order valence-electron chi connectivity index (χ1n) is 8.30. The summed E-state index contributed by atoms with van der Waals surface area (Å²) in [4.78, 5) is 29.1. The normalized spacial score (nSPS) is 10.5. The summed E-state index contributed by atoms with van der Waals surface area (Å²) in [5, 5.41) is 6.11. The van der Waals surface area contributed by atoms with E-state index in [0.29, 0.717) is 12.3 Å². The average molecular weight is 365 g/mol. The number of hydrogen-bond donors (Lipinski definition) is 2. The zero-order chi connectivity index (χ0) is 18.2. The molecule has 3 aromatic rings. The second-order valence-electron chi connectivity index (χ2n) is 5.64. The van der Waals surface area contributed by atoms with Gasteiger partial charge in [-0.05, 0) is 17.7 Å². The molecule has 0 aliphatic heterocycles. The first kappa shape index (κ1) is 17.9. The molecule has 132 valence electrons. The van der Waals surface area contributed by atoms with Crippen LogP contribution in [0.25, 0.3) is 10.9 Å². The lowest BCUT2D eigenvalue weighted by atomic mass is 10.2. The van der Waals surface area contributed by atoms with Crippen LogP contribution in [0.15, 0.2) is 71.8 Å². The number of rotatable bonds is 6. The van der Waals surface area contributed by atoms with Crippen molar-refractivity contribution in [3.63, 3.8) is 0 Å². The predicted octanol–water partition coefficient (Wildman–Crippen LogP) is 3.74. The first-order chi connectivity index (χ1) is 12.7. The molecular weight excluding hydrogens is 346 g/mol. The van der Waals surface area contributed by atoms with E-state index in [1.54, 1.807) is 18.0 Å². The molecule has 2 aromatic carbocycles. The van der Waals surface area contributed by atoms with E-state index in [1.165, 1.54) is 0 Å². The Morgan fingerprint density at radius 2 is 1.73 bits per heavy atom. The molecule has 3 rings (SSSR count). The van der Waals surface area contributed by atoms with Crippen molar-refractivity contribution in [2.75, 3.05) is 5.75 Å². The second kappa shape index (κ2) is 9.01. The number of thioether (sulfide) groups is 1. The van der Waals surface area contributed by atoms with Gasteiger partial charge in [-0.25, -0.2) is 4.79 Å². The molecule has 0 unspecified atom stereocenters. The van der Waals surface area contributed by atoms with E-state index in [4.69, 9.17) is 0 Å². The predicted molar refractivity (Wildman–Crippen MR) is 104 cm³/mol. The average Bonchev–Trinajstić information content (AvgIpc) is 2.67. The van der Waals surface area contributed by atoms with E-state index in [0.717, 1.165) is 21.4 Å². The van der Waals surface area contributed by atoms with Crippen molar-refractivity contribution in [2.24, 2.45) is 0 Å². The molecule has 26 heavy (non-hydrogen) atoms. The summed E-state index contributed by atoms with van der Waals surface area (Å²) in [5.74, 6) is 0.299. The Labute approximate surface area is 156 Å². The number of imide groups is 1. The number of amides is 3. The minimum atomic E-state index is -0.474. The highest BCUT2D eigenvalue weighted by Crippen LogP contribution is 2.26. The minimum absolute atomic E-state index is 0.264. The lowest BCUT2D eigenvalue weighted by Gasteiger charge is -2.08. The highest BCUT2D eigenvalue weighted by atomic mass is 32.2. The van der Waals surface area contributed by atoms with E-state index in [1.807, 2.05) is 60.7 Å². The molecule has 0 aliphatic rings. The van der Waals surface area contributed by atoms with Crippen LogP contribution in [0.3, 0.4) is 0 Å². The van der Waals surface area contributed by atoms with Gasteiger partial charge in [0.15, 0.2) is 0 Å². The van der Waals surface area contributed by atoms with E-state index in [2.05, 4.69) is 15.6 Å². The monoisotopic (exact) mass is 365 g/mol. The molecule has 2 N–H and O–H groups in total. The molecule has 5 nitrogen and oxygen atoms in total. The molecule has 0 aliphatic carbocycles. The number of hydrogen-bond acceptors (Lipinski definition) is 4. The van der Waals surface area contributed by atoms with Crippen LogP contribution in [-0.2, 0) is 11.3 Å². The molecule has 0 fully saturated rings. The number of fused-ring (bicyclic) bond motifs is 1. The molecule has 0 saturated carbocycles. The zero-order valence-corrected chi connectivity index (χ0v) is 15.0. The van der Waals surface area contributed by atoms with Gasteiger partial charge in [0.25, 0.3) is 0 Å². The standard InChI is InChI=1S/C20H19N3O2S/c24-19(23-20(25)22-14-15-6-2-1-3-7-15)11-13-26-18-10-12-21-17-9-5-4-8-16(17)18/h1-10,12H,11,13-14H2,(H2,22,23,24,25). The minimum Gasteiger partial charge on any atom is -0.334 e. The van der Waals surface area contributed by atoms with E-state index in [-0.39, 0.29) is 12.3 Å². The fourth-order valence-corrected chi connectivity index (χ4v) is 3.45. The third-order valence-electron chi connectivity index (χ3n) is 3.74. The quantitative estimate of drug-likeness (QED) is 0.653. The van der Waals surface area contributed by atoms with Crippen molar-refractivity contribution in [1.29, 1.82) is 0 Å². The van der Waals surface area contributed by atoms with Gasteiger partial charge in [0.05, 0.1) is 5.52 Å². The number of benzene rings is 2. The highest BCUT2D eigenvalue weighted by Gasteiger charge is 2.08. The molecule has 1 aromatic heterocycles. The fraction of sp³-hybridized carbons (Fsp3) is 0.150. The van der Waals surface area contributed by atoms with Gasteiger partial charge < -0.3 is 5.32 Å². The van der Waals surface area contributed by atoms with Crippen molar-refractivity contribution >= 4 is 34.6 Å². The maximum Gasteiger partial charge on any atom is 0.321 e. The number of carbonyl (C=O) groups excluding carboxylic acids is 2. The molecule has 0 spiro atoms. The van der Waals surface area contributed by atoms with Crippen LogP contribution in [0.1, 0.15) is 12.0 Å². The fourth-order valence-electron chi connectivity index (χ4n) is 2.46. The summed E-state index contributed by atoms with van der Waals surface area (Å²) in [6.45, 7) is 0.387. The van der Waals surface area contributed by atoms with Crippen LogP contribution in [0, 0.1) is 0 Å². The van der Waals surface area contributed by atoms with Gasteiger partial charge in [-0.15, -0.1) is 11.8 Å². The van der Waals surface area contributed by atoms with Gasteiger partial charge in [0.1, 0.15) is 0 Å². The SMILES string of the molecule is O=C(CCSc1ccnc2ccccc12)NC(=O)NCc1ccccc1. The van der Waals surface area contributed by atoms with Crippen LogP contribution < -0.4 is 10.6 Å². The maximum absolute atomic E-state index is 11.9. The van der Waals surface area contributed by atoms with Crippen LogP contribution >= 0.6 is 11.8 Å². The van der Waals surface area contributed by atoms with Gasteiger partial charge in [0.2, 0.25) is 5.91 Å². The van der Waals surface area contributed by atoms with Crippen molar-refractivity contribution in [3.05, 3.63) is 72.4 Å². The van der Waals surface area contributed by atoms with Gasteiger partial charge in [0, 0.05) is 35.2 Å². The Morgan fingerprint density at radius 1 is 0.962 bits per heavy atom. The van der Waals surface area contributed by atoms with Gasteiger partial charge in [-0.1, -0.05) is 48.5 Å². The van der Waals surface area contributed by atoms with E-state index < -0.39 is 6.03 Å². The summed E-state index contributed by atoms with van der Waals surface area (Å²) < 4.78 is 0.